The second kappa shape index (κ2) is 4.08. The minimum atomic E-state index is -0.956. The van der Waals surface area contributed by atoms with E-state index in [2.05, 4.69) is 0 Å². The lowest BCUT2D eigenvalue weighted by Crippen LogP contribution is -2.41. The van der Waals surface area contributed by atoms with Crippen molar-refractivity contribution in [2.75, 3.05) is 13.1 Å². The molecule has 1 fully saturated rings. The molecule has 0 aromatic rings. The van der Waals surface area contributed by atoms with Gasteiger partial charge in [-0.3, -0.25) is 10.0 Å². The van der Waals surface area contributed by atoms with Gasteiger partial charge in [-0.1, -0.05) is 0 Å². The average molecular weight is 188 g/mol. The van der Waals surface area contributed by atoms with Gasteiger partial charge in [0.15, 0.2) is 0 Å². The molecule has 74 valence electrons. The van der Waals surface area contributed by atoms with Crippen LogP contribution < -0.4 is 5.48 Å². The summed E-state index contributed by atoms with van der Waals surface area (Å²) in [5.74, 6) is -0.689. The molecule has 6 heteroatoms. The molecule has 0 radical (unpaired) electrons. The standard InChI is InChI=1S/C7H12N2O4/c10-6(8-13)5-1-3-9(4-2-5)7(11)12/h5,13H,1-4H2,(H,8,10)(H,11,12). The molecule has 0 saturated carbocycles. The van der Waals surface area contributed by atoms with Crippen molar-refractivity contribution in [1.82, 2.24) is 10.4 Å². The van der Waals surface area contributed by atoms with E-state index in [9.17, 15) is 9.59 Å². The Labute approximate surface area is 75.1 Å². The molecule has 0 aromatic heterocycles. The summed E-state index contributed by atoms with van der Waals surface area (Å²) in [4.78, 5) is 22.7. The van der Waals surface area contributed by atoms with Gasteiger partial charge in [0, 0.05) is 19.0 Å². The molecule has 3 N–H and O–H groups in total. The van der Waals surface area contributed by atoms with Gasteiger partial charge in [0.2, 0.25) is 5.91 Å². The molecule has 0 unspecified atom stereocenters. The fourth-order valence-electron chi connectivity index (χ4n) is 1.42. The summed E-state index contributed by atoms with van der Waals surface area (Å²) in [6.07, 6.45) is -0.0138. The van der Waals surface area contributed by atoms with E-state index >= 15 is 0 Å². The quantitative estimate of drug-likeness (QED) is 0.395. The summed E-state index contributed by atoms with van der Waals surface area (Å²) in [5, 5.41) is 16.9. The Hall–Kier alpha value is -1.30. The number of likely N-dealkylation sites (tertiary alicyclic amines) is 1. The third-order valence-electron chi connectivity index (χ3n) is 2.25. The summed E-state index contributed by atoms with van der Waals surface area (Å²) in [6.45, 7) is 0.709. The minimum Gasteiger partial charge on any atom is -0.465 e. The number of hydrogen-bond donors (Lipinski definition) is 3. The SMILES string of the molecule is O=C(NO)C1CCN(C(=O)O)CC1. The molecule has 6 nitrogen and oxygen atoms in total. The molecular weight excluding hydrogens is 176 g/mol. The number of hydroxylamine groups is 1. The molecule has 0 atom stereocenters. The van der Waals surface area contributed by atoms with Crippen molar-refractivity contribution < 1.29 is 19.9 Å². The number of amides is 2. The Kier molecular flexibility index (Phi) is 3.07. The summed E-state index contributed by atoms with van der Waals surface area (Å²) < 4.78 is 0. The molecule has 1 rings (SSSR count). The number of carbonyl (C=O) groups excluding carboxylic acids is 1. The van der Waals surface area contributed by atoms with Crippen LogP contribution in [-0.4, -0.2) is 40.3 Å². The van der Waals surface area contributed by atoms with E-state index in [1.165, 1.54) is 4.90 Å². The number of carboxylic acid groups (broad SMARTS) is 1. The van der Waals surface area contributed by atoms with Crippen LogP contribution in [0.15, 0.2) is 0 Å². The molecule has 1 saturated heterocycles. The highest BCUT2D eigenvalue weighted by Crippen LogP contribution is 2.16. The van der Waals surface area contributed by atoms with E-state index in [1.807, 2.05) is 0 Å². The minimum absolute atomic E-state index is 0.263. The summed E-state index contributed by atoms with van der Waals surface area (Å²) in [7, 11) is 0. The zero-order valence-corrected chi connectivity index (χ0v) is 7.06. The van der Waals surface area contributed by atoms with Crippen LogP contribution in [0, 0.1) is 5.92 Å². The molecule has 0 bridgehead atoms. The van der Waals surface area contributed by atoms with Crippen LogP contribution in [-0.2, 0) is 4.79 Å². The largest absolute Gasteiger partial charge is 0.465 e. The third-order valence-corrected chi connectivity index (χ3v) is 2.25. The Morgan fingerprint density at radius 3 is 2.23 bits per heavy atom. The third kappa shape index (κ3) is 2.32. The smallest absolute Gasteiger partial charge is 0.407 e. The van der Waals surface area contributed by atoms with Crippen molar-refractivity contribution >= 4 is 12.0 Å². The van der Waals surface area contributed by atoms with Gasteiger partial charge in [-0.25, -0.2) is 10.3 Å². The summed E-state index contributed by atoms with van der Waals surface area (Å²) in [6, 6.07) is 0. The zero-order chi connectivity index (χ0) is 9.84. The normalized spacial score (nSPS) is 18.4. The van der Waals surface area contributed by atoms with Crippen molar-refractivity contribution in [3.8, 4) is 0 Å². The number of nitrogens with zero attached hydrogens (tertiary/aromatic N) is 1. The van der Waals surface area contributed by atoms with Gasteiger partial charge < -0.3 is 10.0 Å². The molecule has 1 aliphatic heterocycles. The maximum Gasteiger partial charge on any atom is 0.407 e. The van der Waals surface area contributed by atoms with Gasteiger partial charge in [0.05, 0.1) is 0 Å². The van der Waals surface area contributed by atoms with Gasteiger partial charge in [-0.05, 0) is 12.8 Å². The van der Waals surface area contributed by atoms with E-state index in [4.69, 9.17) is 10.3 Å². The van der Waals surface area contributed by atoms with Crippen molar-refractivity contribution in [3.63, 3.8) is 0 Å². The van der Waals surface area contributed by atoms with Gasteiger partial charge in [0.1, 0.15) is 0 Å². The Morgan fingerprint density at radius 2 is 1.85 bits per heavy atom. The molecule has 2 amide bonds. The number of piperidine rings is 1. The highest BCUT2D eigenvalue weighted by atomic mass is 16.5. The highest BCUT2D eigenvalue weighted by Gasteiger charge is 2.26. The van der Waals surface area contributed by atoms with Crippen LogP contribution >= 0.6 is 0 Å². The fraction of sp³-hybridized carbons (Fsp3) is 0.714. The molecular formula is C7H12N2O4. The molecule has 1 aliphatic rings. The van der Waals surface area contributed by atoms with Crippen LogP contribution in [0.1, 0.15) is 12.8 Å². The van der Waals surface area contributed by atoms with Crippen LogP contribution in [0.4, 0.5) is 4.79 Å². The topological polar surface area (TPSA) is 89.9 Å². The molecule has 0 aromatic carbocycles. The Balaban J connectivity index is 2.39. The predicted octanol–water partition coefficient (Wildman–Crippen LogP) is -0.118. The zero-order valence-electron chi connectivity index (χ0n) is 7.06. The first kappa shape index (κ1) is 9.79. The number of carbonyl (C=O) groups is 2. The lowest BCUT2D eigenvalue weighted by molar-refractivity contribution is -0.134. The monoisotopic (exact) mass is 188 g/mol. The van der Waals surface area contributed by atoms with Crippen molar-refractivity contribution in [1.29, 1.82) is 0 Å². The second-order valence-corrected chi connectivity index (χ2v) is 3.02. The second-order valence-electron chi connectivity index (χ2n) is 3.02. The first-order chi connectivity index (χ1) is 6.15. The summed E-state index contributed by atoms with van der Waals surface area (Å²) in [5.41, 5.74) is 1.57. The van der Waals surface area contributed by atoms with Crippen LogP contribution in [0.5, 0.6) is 0 Å². The molecule has 0 aliphatic carbocycles. The van der Waals surface area contributed by atoms with Gasteiger partial charge in [-0.15, -0.1) is 0 Å². The first-order valence-electron chi connectivity index (χ1n) is 4.07. The molecule has 13 heavy (non-hydrogen) atoms. The maximum absolute atomic E-state index is 10.9. The first-order valence-corrected chi connectivity index (χ1v) is 4.07. The number of hydrogen-bond acceptors (Lipinski definition) is 3. The van der Waals surface area contributed by atoms with Crippen molar-refractivity contribution in [2.24, 2.45) is 5.92 Å². The molecule has 1 heterocycles. The Morgan fingerprint density at radius 1 is 1.31 bits per heavy atom. The van der Waals surface area contributed by atoms with Crippen LogP contribution in [0.25, 0.3) is 0 Å². The van der Waals surface area contributed by atoms with E-state index in [1.54, 1.807) is 5.48 Å². The van der Waals surface area contributed by atoms with E-state index in [-0.39, 0.29) is 5.92 Å². The Bertz CT molecular complexity index is 211. The van der Waals surface area contributed by atoms with E-state index in [0.717, 1.165) is 0 Å². The van der Waals surface area contributed by atoms with Gasteiger partial charge in [-0.2, -0.15) is 0 Å². The van der Waals surface area contributed by atoms with Crippen molar-refractivity contribution in [3.05, 3.63) is 0 Å². The number of nitrogens with one attached hydrogen (secondary N) is 1. The molecule has 0 spiro atoms. The highest BCUT2D eigenvalue weighted by molar-refractivity contribution is 5.77. The van der Waals surface area contributed by atoms with E-state index < -0.39 is 12.0 Å². The van der Waals surface area contributed by atoms with Gasteiger partial charge in [0.25, 0.3) is 0 Å². The van der Waals surface area contributed by atoms with E-state index in [0.29, 0.717) is 25.9 Å². The summed E-state index contributed by atoms with van der Waals surface area (Å²) >= 11 is 0. The average Bonchev–Trinajstić information content (AvgIpc) is 2.17. The number of rotatable bonds is 1. The van der Waals surface area contributed by atoms with Crippen LogP contribution in [0.3, 0.4) is 0 Å². The maximum atomic E-state index is 10.9. The lowest BCUT2D eigenvalue weighted by Gasteiger charge is -2.28. The lowest BCUT2D eigenvalue weighted by atomic mass is 9.96. The fourth-order valence-corrected chi connectivity index (χ4v) is 1.42. The predicted molar refractivity (Wildman–Crippen MR) is 42.3 cm³/mol. The van der Waals surface area contributed by atoms with Crippen molar-refractivity contribution in [2.45, 2.75) is 12.8 Å². The van der Waals surface area contributed by atoms with Crippen LogP contribution in [0.2, 0.25) is 0 Å². The van der Waals surface area contributed by atoms with Gasteiger partial charge >= 0.3 is 6.09 Å².